The number of ether oxygens (including phenoxy) is 2. The van der Waals surface area contributed by atoms with Crippen LogP contribution in [0.1, 0.15) is 11.7 Å². The van der Waals surface area contributed by atoms with Gasteiger partial charge in [0, 0.05) is 11.6 Å². The molecule has 0 bridgehead atoms. The molecule has 17 heavy (non-hydrogen) atoms. The van der Waals surface area contributed by atoms with E-state index in [1.54, 1.807) is 4.90 Å². The van der Waals surface area contributed by atoms with E-state index in [1.165, 1.54) is 7.11 Å². The maximum Gasteiger partial charge on any atom is 0.409 e. The van der Waals surface area contributed by atoms with Gasteiger partial charge in [0.25, 0.3) is 0 Å². The molecule has 1 amide bonds. The summed E-state index contributed by atoms with van der Waals surface area (Å²) in [6.45, 7) is 1.59. The van der Waals surface area contributed by atoms with Gasteiger partial charge in [-0.15, -0.1) is 0 Å². The standard InChI is InChI=1S/C12H14ClNO3/c1-16-12(15)14-6-7-17-11(8-14)9-2-4-10(13)5-3-9/h2-5,11H,6-8H2,1H3/t11-/m0/s1. The third kappa shape index (κ3) is 2.90. The number of rotatable bonds is 1. The van der Waals surface area contributed by atoms with Crippen LogP contribution in [0.3, 0.4) is 0 Å². The maximum absolute atomic E-state index is 11.4. The van der Waals surface area contributed by atoms with Gasteiger partial charge in [-0.05, 0) is 17.7 Å². The molecule has 5 heteroatoms. The Hall–Kier alpha value is -1.26. The van der Waals surface area contributed by atoms with Crippen LogP contribution in [-0.2, 0) is 9.47 Å². The first-order valence-corrected chi connectivity index (χ1v) is 5.78. The molecule has 0 N–H and O–H groups in total. The zero-order chi connectivity index (χ0) is 12.3. The number of benzene rings is 1. The summed E-state index contributed by atoms with van der Waals surface area (Å²) < 4.78 is 10.3. The molecule has 4 nitrogen and oxygen atoms in total. The first-order chi connectivity index (χ1) is 8.20. The molecule has 1 aromatic rings. The highest BCUT2D eigenvalue weighted by Gasteiger charge is 2.25. The highest BCUT2D eigenvalue weighted by Crippen LogP contribution is 2.23. The Morgan fingerprint density at radius 3 is 2.82 bits per heavy atom. The van der Waals surface area contributed by atoms with Crippen LogP contribution in [0.4, 0.5) is 4.79 Å². The van der Waals surface area contributed by atoms with Crippen LogP contribution in [0.5, 0.6) is 0 Å². The van der Waals surface area contributed by atoms with E-state index in [9.17, 15) is 4.79 Å². The van der Waals surface area contributed by atoms with E-state index < -0.39 is 0 Å². The molecule has 1 atom stereocenters. The molecule has 1 heterocycles. The van der Waals surface area contributed by atoms with Crippen LogP contribution in [0.2, 0.25) is 5.02 Å². The Bertz CT molecular complexity index is 393. The van der Waals surface area contributed by atoms with Crippen molar-refractivity contribution in [2.45, 2.75) is 6.10 Å². The molecule has 92 valence electrons. The second-order valence-corrected chi connectivity index (χ2v) is 4.26. The third-order valence-electron chi connectivity index (χ3n) is 2.74. The van der Waals surface area contributed by atoms with Gasteiger partial charge >= 0.3 is 6.09 Å². The van der Waals surface area contributed by atoms with Gasteiger partial charge in [-0.1, -0.05) is 23.7 Å². The summed E-state index contributed by atoms with van der Waals surface area (Å²) in [6.07, 6.45) is -0.424. The normalized spacial score (nSPS) is 20.1. The lowest BCUT2D eigenvalue weighted by Crippen LogP contribution is -2.42. The minimum Gasteiger partial charge on any atom is -0.453 e. The molecule has 0 aliphatic carbocycles. The fourth-order valence-electron chi connectivity index (χ4n) is 1.82. The van der Waals surface area contributed by atoms with E-state index in [0.29, 0.717) is 24.7 Å². The van der Waals surface area contributed by atoms with Crippen LogP contribution < -0.4 is 0 Å². The summed E-state index contributed by atoms with van der Waals surface area (Å²) in [5.74, 6) is 0. The number of carbonyl (C=O) groups is 1. The number of amides is 1. The molecule has 1 aliphatic heterocycles. The molecule has 2 rings (SSSR count). The minimum atomic E-state index is -0.313. The first kappa shape index (κ1) is 12.2. The molecule has 0 saturated carbocycles. The van der Waals surface area contributed by atoms with Crippen molar-refractivity contribution in [1.82, 2.24) is 4.90 Å². The van der Waals surface area contributed by atoms with E-state index >= 15 is 0 Å². The van der Waals surface area contributed by atoms with Gasteiger partial charge in [0.2, 0.25) is 0 Å². The Kier molecular flexibility index (Phi) is 3.86. The van der Waals surface area contributed by atoms with Crippen molar-refractivity contribution >= 4 is 17.7 Å². The molecule has 1 saturated heterocycles. The van der Waals surface area contributed by atoms with Crippen molar-refractivity contribution in [2.75, 3.05) is 26.8 Å². The van der Waals surface area contributed by atoms with E-state index in [1.807, 2.05) is 24.3 Å². The van der Waals surface area contributed by atoms with Gasteiger partial charge in [0.05, 0.1) is 20.3 Å². The topological polar surface area (TPSA) is 38.8 Å². The van der Waals surface area contributed by atoms with Gasteiger partial charge in [-0.25, -0.2) is 4.79 Å². The Labute approximate surface area is 105 Å². The van der Waals surface area contributed by atoms with Crippen molar-refractivity contribution in [2.24, 2.45) is 0 Å². The van der Waals surface area contributed by atoms with Gasteiger partial charge in [-0.2, -0.15) is 0 Å². The van der Waals surface area contributed by atoms with Gasteiger partial charge in [-0.3, -0.25) is 0 Å². The summed E-state index contributed by atoms with van der Waals surface area (Å²) in [7, 11) is 1.38. The van der Waals surface area contributed by atoms with Crippen LogP contribution in [0.15, 0.2) is 24.3 Å². The number of hydrogen-bond donors (Lipinski definition) is 0. The predicted octanol–water partition coefficient (Wildman–Crippen LogP) is 2.48. The quantitative estimate of drug-likeness (QED) is 0.774. The molecule has 1 fully saturated rings. The van der Waals surface area contributed by atoms with Crippen molar-refractivity contribution in [3.8, 4) is 0 Å². The molecule has 0 radical (unpaired) electrons. The molecular formula is C12H14ClNO3. The number of hydrogen-bond acceptors (Lipinski definition) is 3. The van der Waals surface area contributed by atoms with E-state index in [4.69, 9.17) is 21.1 Å². The smallest absolute Gasteiger partial charge is 0.409 e. The van der Waals surface area contributed by atoms with Crippen molar-refractivity contribution < 1.29 is 14.3 Å². The summed E-state index contributed by atoms with van der Waals surface area (Å²) in [6, 6.07) is 7.45. The SMILES string of the molecule is COC(=O)N1CCO[C@H](c2ccc(Cl)cc2)C1. The average Bonchev–Trinajstić information content (AvgIpc) is 2.39. The van der Waals surface area contributed by atoms with Crippen LogP contribution >= 0.6 is 11.6 Å². The van der Waals surface area contributed by atoms with E-state index in [-0.39, 0.29) is 12.2 Å². The summed E-state index contributed by atoms with van der Waals surface area (Å²) in [5.41, 5.74) is 1.02. The van der Waals surface area contributed by atoms with Crippen LogP contribution in [-0.4, -0.2) is 37.8 Å². The second-order valence-electron chi connectivity index (χ2n) is 3.83. The highest BCUT2D eigenvalue weighted by atomic mass is 35.5. The number of methoxy groups -OCH3 is 1. The van der Waals surface area contributed by atoms with Crippen LogP contribution in [0.25, 0.3) is 0 Å². The van der Waals surface area contributed by atoms with E-state index in [0.717, 1.165) is 5.56 Å². The van der Waals surface area contributed by atoms with Crippen molar-refractivity contribution in [3.05, 3.63) is 34.9 Å². The fraction of sp³-hybridized carbons (Fsp3) is 0.417. The molecule has 1 aliphatic rings. The monoisotopic (exact) mass is 255 g/mol. The lowest BCUT2D eigenvalue weighted by Gasteiger charge is -2.32. The number of halogens is 1. The number of carbonyl (C=O) groups excluding carboxylic acids is 1. The van der Waals surface area contributed by atoms with Crippen molar-refractivity contribution in [3.63, 3.8) is 0 Å². The molecule has 1 aromatic carbocycles. The summed E-state index contributed by atoms with van der Waals surface area (Å²) in [4.78, 5) is 13.1. The van der Waals surface area contributed by atoms with E-state index in [2.05, 4.69) is 0 Å². The maximum atomic E-state index is 11.4. The second kappa shape index (κ2) is 5.38. The van der Waals surface area contributed by atoms with Crippen molar-refractivity contribution in [1.29, 1.82) is 0 Å². The van der Waals surface area contributed by atoms with Gasteiger partial charge < -0.3 is 14.4 Å². The number of morpholine rings is 1. The first-order valence-electron chi connectivity index (χ1n) is 5.40. The third-order valence-corrected chi connectivity index (χ3v) is 2.99. The van der Waals surface area contributed by atoms with Gasteiger partial charge in [0.15, 0.2) is 0 Å². The lowest BCUT2D eigenvalue weighted by atomic mass is 10.1. The molecule has 0 spiro atoms. The minimum absolute atomic E-state index is 0.111. The van der Waals surface area contributed by atoms with Crippen LogP contribution in [0, 0.1) is 0 Å². The highest BCUT2D eigenvalue weighted by molar-refractivity contribution is 6.30. The largest absolute Gasteiger partial charge is 0.453 e. The zero-order valence-electron chi connectivity index (χ0n) is 9.56. The number of nitrogens with zero attached hydrogens (tertiary/aromatic N) is 1. The molecule has 0 unspecified atom stereocenters. The predicted molar refractivity (Wildman–Crippen MR) is 64.1 cm³/mol. The average molecular weight is 256 g/mol. The summed E-state index contributed by atoms with van der Waals surface area (Å²) in [5, 5.41) is 0.689. The zero-order valence-corrected chi connectivity index (χ0v) is 10.3. The lowest BCUT2D eigenvalue weighted by molar-refractivity contribution is -0.0258. The Balaban J connectivity index is 2.06. The Morgan fingerprint density at radius 2 is 2.18 bits per heavy atom. The van der Waals surface area contributed by atoms with Gasteiger partial charge in [0.1, 0.15) is 6.10 Å². The summed E-state index contributed by atoms with van der Waals surface area (Å²) >= 11 is 5.83. The molecular weight excluding hydrogens is 242 g/mol. The Morgan fingerprint density at radius 1 is 1.47 bits per heavy atom. The fourth-order valence-corrected chi connectivity index (χ4v) is 1.95. The molecule has 0 aromatic heterocycles.